The molecule has 1 heterocycles. The van der Waals surface area contributed by atoms with Gasteiger partial charge in [0.15, 0.2) is 0 Å². The van der Waals surface area contributed by atoms with Gasteiger partial charge in [-0.2, -0.15) is 0 Å². The van der Waals surface area contributed by atoms with Crippen LogP contribution in [0, 0.1) is 0 Å². The molecule has 5 nitrogen and oxygen atoms in total. The lowest BCUT2D eigenvalue weighted by molar-refractivity contribution is -0.139. The van der Waals surface area contributed by atoms with Gasteiger partial charge in [-0.1, -0.05) is 13.2 Å². The van der Waals surface area contributed by atoms with E-state index >= 15 is 0 Å². The Morgan fingerprint density at radius 2 is 1.68 bits per heavy atom. The summed E-state index contributed by atoms with van der Waals surface area (Å²) >= 11 is 5.24. The van der Waals surface area contributed by atoms with Gasteiger partial charge in [-0.25, -0.2) is 9.59 Å². The van der Waals surface area contributed by atoms with Gasteiger partial charge in [0, 0.05) is 11.1 Å². The Kier molecular flexibility index (Phi) is 8.91. The number of esters is 2. The lowest BCUT2D eigenvalue weighted by Crippen LogP contribution is -2.09. The van der Waals surface area contributed by atoms with Crippen molar-refractivity contribution in [2.45, 2.75) is 20.0 Å². The highest BCUT2D eigenvalue weighted by Gasteiger charge is 2.24. The molecule has 0 radical (unpaired) electrons. The van der Waals surface area contributed by atoms with E-state index in [4.69, 9.17) is 21.1 Å². The monoisotopic (exact) mass is 290 g/mol. The van der Waals surface area contributed by atoms with Crippen LogP contribution in [-0.4, -0.2) is 43.7 Å². The standard InChI is InChI=1S/C7H10O3.C6H9ClO2/c1-5(2)7(8)10-4-6-3-9-6;1-5(2)6(8)9-4-3-7/h6H,1,3-4H2,2H3;1,3-4H2,2H3. The molecule has 1 fully saturated rings. The fourth-order valence-electron chi connectivity index (χ4n) is 0.711. The molecule has 0 aromatic heterocycles. The van der Waals surface area contributed by atoms with Crippen LogP contribution in [0.25, 0.3) is 0 Å². The molecule has 1 saturated heterocycles. The van der Waals surface area contributed by atoms with E-state index in [9.17, 15) is 9.59 Å². The Morgan fingerprint density at radius 3 is 2.05 bits per heavy atom. The lowest BCUT2D eigenvalue weighted by Gasteiger charge is -1.99. The first-order chi connectivity index (χ1) is 8.88. The zero-order chi connectivity index (χ0) is 14.8. The van der Waals surface area contributed by atoms with Crippen molar-refractivity contribution in [2.75, 3.05) is 25.7 Å². The molecule has 0 aromatic carbocycles. The molecule has 19 heavy (non-hydrogen) atoms. The van der Waals surface area contributed by atoms with Gasteiger partial charge in [0.1, 0.15) is 19.3 Å². The first-order valence-electron chi connectivity index (χ1n) is 5.71. The van der Waals surface area contributed by atoms with Gasteiger partial charge in [-0.05, 0) is 13.8 Å². The molecular formula is C13H19ClO5. The summed E-state index contributed by atoms with van der Waals surface area (Å²) < 4.78 is 14.2. The van der Waals surface area contributed by atoms with Crippen molar-refractivity contribution >= 4 is 23.5 Å². The van der Waals surface area contributed by atoms with E-state index in [2.05, 4.69) is 17.9 Å². The Bertz CT molecular complexity index is 347. The summed E-state index contributed by atoms with van der Waals surface area (Å²) in [5.74, 6) is -0.384. The second-order valence-corrected chi connectivity index (χ2v) is 4.32. The molecule has 0 saturated carbocycles. The van der Waals surface area contributed by atoms with Crippen LogP contribution in [0.2, 0.25) is 0 Å². The van der Waals surface area contributed by atoms with Crippen molar-refractivity contribution in [1.29, 1.82) is 0 Å². The van der Waals surface area contributed by atoms with E-state index in [1.165, 1.54) is 0 Å². The van der Waals surface area contributed by atoms with Crippen molar-refractivity contribution in [3.8, 4) is 0 Å². The number of carbonyl (C=O) groups excluding carboxylic acids is 2. The van der Waals surface area contributed by atoms with Crippen molar-refractivity contribution in [3.63, 3.8) is 0 Å². The number of alkyl halides is 1. The third kappa shape index (κ3) is 10.3. The molecule has 1 unspecified atom stereocenters. The van der Waals surface area contributed by atoms with E-state index < -0.39 is 0 Å². The average molecular weight is 291 g/mol. The van der Waals surface area contributed by atoms with Crippen LogP contribution in [0.15, 0.2) is 24.3 Å². The van der Waals surface area contributed by atoms with Gasteiger partial charge in [0.2, 0.25) is 0 Å². The minimum Gasteiger partial charge on any atom is -0.461 e. The summed E-state index contributed by atoms with van der Waals surface area (Å²) in [4.78, 5) is 21.2. The van der Waals surface area contributed by atoms with Gasteiger partial charge in [0.05, 0.1) is 12.5 Å². The van der Waals surface area contributed by atoms with E-state index in [0.717, 1.165) is 0 Å². The minimum absolute atomic E-state index is 0.142. The summed E-state index contributed by atoms with van der Waals surface area (Å²) in [7, 11) is 0. The van der Waals surface area contributed by atoms with Gasteiger partial charge >= 0.3 is 11.9 Å². The number of hydrogen-bond donors (Lipinski definition) is 0. The van der Waals surface area contributed by atoms with Crippen LogP contribution in [0.5, 0.6) is 0 Å². The van der Waals surface area contributed by atoms with Crippen molar-refractivity contribution in [3.05, 3.63) is 24.3 Å². The van der Waals surface area contributed by atoms with Gasteiger partial charge in [-0.15, -0.1) is 11.6 Å². The molecule has 1 aliphatic heterocycles. The lowest BCUT2D eigenvalue weighted by atomic mass is 10.4. The van der Waals surface area contributed by atoms with Crippen LogP contribution < -0.4 is 0 Å². The Labute approximate surface area is 118 Å². The first-order valence-corrected chi connectivity index (χ1v) is 6.24. The van der Waals surface area contributed by atoms with Crippen molar-refractivity contribution < 1.29 is 23.8 Å². The van der Waals surface area contributed by atoms with Crippen molar-refractivity contribution in [1.82, 2.24) is 0 Å². The molecule has 0 aromatic rings. The van der Waals surface area contributed by atoms with E-state index in [1.54, 1.807) is 13.8 Å². The quantitative estimate of drug-likeness (QED) is 0.323. The molecule has 1 aliphatic rings. The Hall–Kier alpha value is -1.33. The molecule has 0 aliphatic carbocycles. The van der Waals surface area contributed by atoms with Gasteiger partial charge < -0.3 is 14.2 Å². The van der Waals surface area contributed by atoms with Crippen LogP contribution in [-0.2, 0) is 23.8 Å². The maximum Gasteiger partial charge on any atom is 0.333 e. The highest BCUT2D eigenvalue weighted by Crippen LogP contribution is 2.09. The largest absolute Gasteiger partial charge is 0.461 e. The number of halogens is 1. The molecule has 0 bridgehead atoms. The predicted molar refractivity (Wildman–Crippen MR) is 72.0 cm³/mol. The molecule has 108 valence electrons. The maximum absolute atomic E-state index is 10.7. The summed E-state index contributed by atoms with van der Waals surface area (Å²) in [5.41, 5.74) is 0.834. The second-order valence-electron chi connectivity index (χ2n) is 3.94. The van der Waals surface area contributed by atoms with E-state index in [-0.39, 0.29) is 24.6 Å². The fraction of sp³-hybridized carbons (Fsp3) is 0.538. The van der Waals surface area contributed by atoms with Gasteiger partial charge in [0.25, 0.3) is 0 Å². The highest BCUT2D eigenvalue weighted by molar-refractivity contribution is 6.18. The Balaban J connectivity index is 0.000000344. The van der Waals surface area contributed by atoms with Crippen LogP contribution >= 0.6 is 11.6 Å². The Morgan fingerprint density at radius 1 is 1.21 bits per heavy atom. The fourth-order valence-corrected chi connectivity index (χ4v) is 0.788. The highest BCUT2D eigenvalue weighted by atomic mass is 35.5. The molecule has 0 spiro atoms. The normalized spacial score (nSPS) is 15.6. The number of hydrogen-bond acceptors (Lipinski definition) is 5. The van der Waals surface area contributed by atoms with E-state index in [1.807, 2.05) is 0 Å². The molecule has 0 amide bonds. The number of epoxide rings is 1. The predicted octanol–water partition coefficient (Wildman–Crippen LogP) is 1.85. The SMILES string of the molecule is C=C(C)C(=O)OCC1CO1.C=C(C)C(=O)OCCCl. The third-order valence-electron chi connectivity index (χ3n) is 1.81. The molecule has 1 rings (SSSR count). The van der Waals surface area contributed by atoms with Crippen molar-refractivity contribution in [2.24, 2.45) is 0 Å². The zero-order valence-corrected chi connectivity index (χ0v) is 12.0. The van der Waals surface area contributed by atoms with Crippen LogP contribution in [0.1, 0.15) is 13.8 Å². The van der Waals surface area contributed by atoms with E-state index in [0.29, 0.717) is 30.2 Å². The van der Waals surface area contributed by atoms with Gasteiger partial charge in [-0.3, -0.25) is 0 Å². The summed E-state index contributed by atoms with van der Waals surface area (Å²) in [5, 5.41) is 0. The zero-order valence-electron chi connectivity index (χ0n) is 11.2. The smallest absolute Gasteiger partial charge is 0.333 e. The second kappa shape index (κ2) is 9.58. The molecule has 0 N–H and O–H groups in total. The summed E-state index contributed by atoms with van der Waals surface area (Å²) in [6.07, 6.45) is 0.142. The number of carbonyl (C=O) groups is 2. The number of rotatable bonds is 6. The topological polar surface area (TPSA) is 65.1 Å². The number of ether oxygens (including phenoxy) is 3. The maximum atomic E-state index is 10.7. The first kappa shape index (κ1) is 17.7. The van der Waals surface area contributed by atoms with Crippen LogP contribution in [0.3, 0.4) is 0 Å². The summed E-state index contributed by atoms with van der Waals surface area (Å²) in [6, 6.07) is 0. The third-order valence-corrected chi connectivity index (χ3v) is 1.96. The molecule has 1 atom stereocenters. The molecule has 6 heteroatoms. The summed E-state index contributed by atoms with van der Waals surface area (Å²) in [6.45, 7) is 11.4. The van der Waals surface area contributed by atoms with Crippen LogP contribution in [0.4, 0.5) is 0 Å². The molecular weight excluding hydrogens is 272 g/mol. The minimum atomic E-state index is -0.379. The average Bonchev–Trinajstić information content (AvgIpc) is 3.17.